The molecule has 2 saturated heterocycles. The van der Waals surface area contributed by atoms with Crippen LogP contribution in [0.3, 0.4) is 0 Å². The molecule has 2 aromatic rings. The molecule has 2 fully saturated rings. The summed E-state index contributed by atoms with van der Waals surface area (Å²) in [5.41, 5.74) is 34.3. The minimum atomic E-state index is -3.92. The van der Waals surface area contributed by atoms with Crippen molar-refractivity contribution in [1.82, 2.24) is 15.5 Å². The van der Waals surface area contributed by atoms with Crippen molar-refractivity contribution in [3.8, 4) is 0 Å². The number of aromatic nitrogens is 2. The molecular formula is C95H117IN12O13S. The zero-order valence-corrected chi connectivity index (χ0v) is 76.4. The number of nitrogens with zero attached hydrogens (tertiary/aromatic N) is 9. The second kappa shape index (κ2) is 40.0. The van der Waals surface area contributed by atoms with Crippen LogP contribution in [-0.4, -0.2) is 132 Å². The summed E-state index contributed by atoms with van der Waals surface area (Å²) in [4.78, 5) is 83.6. The predicted octanol–water partition coefficient (Wildman–Crippen LogP) is 12.8. The Morgan fingerprint density at radius 2 is 0.951 bits per heavy atom. The van der Waals surface area contributed by atoms with Crippen LogP contribution in [0.2, 0.25) is 0 Å². The third-order valence-corrected chi connectivity index (χ3v) is 24.5. The molecule has 10 aliphatic heterocycles. The first-order valence-electron chi connectivity index (χ1n) is 42.6. The number of esters is 2. The first-order valence-corrected chi connectivity index (χ1v) is 44.4. The molecule has 6 atom stereocenters. The number of nitrogens with two attached hydrogens (primary N) is 1. The lowest BCUT2D eigenvalue weighted by Gasteiger charge is -2.17. The Labute approximate surface area is 734 Å². The molecule has 122 heavy (non-hydrogen) atoms. The van der Waals surface area contributed by atoms with E-state index in [1.165, 1.54) is 30.6 Å². The van der Waals surface area contributed by atoms with Gasteiger partial charge in [0.05, 0.1) is 90.8 Å². The fourth-order valence-electron chi connectivity index (χ4n) is 17.7. The lowest BCUT2D eigenvalue weighted by Crippen LogP contribution is -3.00. The van der Waals surface area contributed by atoms with Crippen molar-refractivity contribution in [2.45, 2.75) is 225 Å². The average Bonchev–Trinajstić information content (AvgIpc) is 1.58. The Kier molecular flexibility index (Phi) is 30.3. The molecule has 0 radical (unpaired) electrons. The van der Waals surface area contributed by atoms with Crippen LogP contribution in [0.25, 0.3) is 0 Å². The summed E-state index contributed by atoms with van der Waals surface area (Å²) < 4.78 is 54.9. The summed E-state index contributed by atoms with van der Waals surface area (Å²) in [7, 11) is -0.510. The number of aliphatic imine (C=N–C) groups is 6. The number of halogens is 1. The highest BCUT2D eigenvalue weighted by molar-refractivity contribution is 7.84. The maximum absolute atomic E-state index is 13.4. The third-order valence-electron chi connectivity index (χ3n) is 24.5. The number of aliphatic hydroxyl groups is 2. The number of amides is 2. The molecule has 12 heterocycles. The van der Waals surface area contributed by atoms with Gasteiger partial charge in [-0.2, -0.15) is 9.13 Å². The lowest BCUT2D eigenvalue weighted by molar-refractivity contribution is -0.727. The molecule has 6 N–H and O–H groups in total. The standard InChI is InChI=1S/C48H58N6O5.C46H54N6O5.CH4O3S.HI/c1-10-12-13-14-20-58-31(7)44-29(5)38-22-37-28(4)34(17-18-43(56)59-26-54-19-15-16-32(25-54)48(57)53(8)9)46(51-37)35-21-42(55)45-30(6)39(52-47(35)45)23-40-33(11-2)27(3)36(49-40)24-41(44)50-38;1-8-10-11-12-18-56-29(7)42-27(5)36-20-35-26(4)32(15-16-41(54)57-24-52-17-13-14-30(23-52)46(47)55)44(50-35)33-19-40(53)43-28(6)37(51-45(33)43)21-38-31(9-2)25(3)34(48-38)22-39(42)49-36;1-5(2,3)4;/h15-16,19,22-25,28,31,34H,10-14,17-18,20-21,26H2,1-9H3,(H-,49,50,51,52,55);13-14,17,20-23,26,29,32H,8-12,15-16,18-19,24H2,1-7H3,(H3-,47,48,49,50,51,53,55);1H3,(H,2,3,4);1H/t28?,31?,34-;26?,29?,32-;;/m00../s1. The van der Waals surface area contributed by atoms with E-state index in [9.17, 15) is 29.4 Å². The van der Waals surface area contributed by atoms with Gasteiger partial charge in [0.2, 0.25) is 0 Å². The van der Waals surface area contributed by atoms with Crippen molar-refractivity contribution in [3.05, 3.63) is 243 Å². The summed E-state index contributed by atoms with van der Waals surface area (Å²) in [5.74, 6) is -0.981. The molecular weight excluding hydrogens is 1680 g/mol. The number of ether oxygens (including phenoxy) is 4. The minimum Gasteiger partial charge on any atom is -1.00 e. The van der Waals surface area contributed by atoms with Crippen LogP contribution >= 0.6 is 0 Å². The predicted molar refractivity (Wildman–Crippen MR) is 469 cm³/mol. The number of pyridine rings is 2. The lowest BCUT2D eigenvalue weighted by atomic mass is 9.86. The Hall–Kier alpha value is -10.2. The monoisotopic (exact) mass is 1790 g/mol. The van der Waals surface area contributed by atoms with Crippen LogP contribution < -0.4 is 49.5 Å². The Morgan fingerprint density at radius 1 is 0.566 bits per heavy atom. The minimum absolute atomic E-state index is 0. The molecule has 648 valence electrons. The van der Waals surface area contributed by atoms with Crippen molar-refractivity contribution in [3.63, 3.8) is 0 Å². The van der Waals surface area contributed by atoms with Crippen LogP contribution in [0, 0.1) is 23.7 Å². The van der Waals surface area contributed by atoms with E-state index in [4.69, 9.17) is 67.6 Å². The largest absolute Gasteiger partial charge is 1.00 e. The number of nitrogens with one attached hydrogen (secondary N) is 2. The summed E-state index contributed by atoms with van der Waals surface area (Å²) >= 11 is 0. The molecule has 12 aliphatic rings. The molecule has 2 aromatic heterocycles. The van der Waals surface area contributed by atoms with Crippen LogP contribution in [0.4, 0.5) is 0 Å². The zero-order chi connectivity index (χ0) is 87.2. The molecule has 4 unspecified atom stereocenters. The second-order valence-corrected chi connectivity index (χ2v) is 34.5. The number of aliphatic hydroxyl groups excluding tert-OH is 2. The van der Waals surface area contributed by atoms with Gasteiger partial charge in [0, 0.05) is 151 Å². The van der Waals surface area contributed by atoms with Gasteiger partial charge >= 0.3 is 11.9 Å². The van der Waals surface area contributed by atoms with Crippen LogP contribution in [-0.2, 0) is 52.1 Å². The Morgan fingerprint density at radius 3 is 1.34 bits per heavy atom. The first kappa shape index (κ1) is 92.5. The van der Waals surface area contributed by atoms with E-state index in [1.807, 2.05) is 13.8 Å². The highest BCUT2D eigenvalue weighted by Gasteiger charge is 2.45. The number of unbranched alkanes of at least 4 members (excludes halogenated alkanes) is 6. The normalized spacial score (nSPS) is 21.0. The van der Waals surface area contributed by atoms with Gasteiger partial charge in [-0.05, 0) is 187 Å². The number of hydrogen-bond acceptors (Lipinski definition) is 21. The van der Waals surface area contributed by atoms with Gasteiger partial charge < -0.3 is 79.0 Å². The summed E-state index contributed by atoms with van der Waals surface area (Å²) in [6, 6.07) is 6.81. The smallest absolute Gasteiger partial charge is 0.310 e. The fourth-order valence-corrected chi connectivity index (χ4v) is 17.7. The maximum Gasteiger partial charge on any atom is 0.310 e. The second-order valence-electron chi connectivity index (χ2n) is 33.1. The van der Waals surface area contributed by atoms with Crippen molar-refractivity contribution in [2.24, 2.45) is 59.4 Å². The van der Waals surface area contributed by atoms with E-state index in [0.29, 0.717) is 67.8 Å². The molecule has 2 amide bonds. The van der Waals surface area contributed by atoms with Gasteiger partial charge in [0.25, 0.3) is 25.3 Å². The van der Waals surface area contributed by atoms with E-state index in [2.05, 4.69) is 130 Å². The molecule has 2 aliphatic carbocycles. The number of hydrogen-bond donors (Lipinski definition) is 5. The fraction of sp³-hybridized carbons (Fsp3) is 0.453. The topological polar surface area (TPSA) is 338 Å². The zero-order valence-electron chi connectivity index (χ0n) is 73.5. The number of primary amides is 1. The summed E-state index contributed by atoms with van der Waals surface area (Å²) in [6.07, 6.45) is 32.4. The summed E-state index contributed by atoms with van der Waals surface area (Å²) in [6.45, 7) is 31.2. The average molecular weight is 1790 g/mol. The molecule has 27 heteroatoms. The van der Waals surface area contributed by atoms with Crippen molar-refractivity contribution >= 4 is 68.1 Å². The van der Waals surface area contributed by atoms with Crippen LogP contribution in [0.5, 0.6) is 0 Å². The van der Waals surface area contributed by atoms with Gasteiger partial charge in [-0.15, -0.1) is 0 Å². The molecule has 25 nitrogen and oxygen atoms in total. The van der Waals surface area contributed by atoms with Crippen molar-refractivity contribution < 1.29 is 94.4 Å². The van der Waals surface area contributed by atoms with E-state index >= 15 is 0 Å². The van der Waals surface area contributed by atoms with E-state index in [0.717, 1.165) is 208 Å². The number of fused-ring (bicyclic) bond motifs is 10. The molecule has 16 bridgehead atoms. The van der Waals surface area contributed by atoms with Gasteiger partial charge in [-0.1, -0.05) is 80.1 Å². The number of allylic oxidation sites excluding steroid dienone is 22. The number of carbonyl (C=O) groups is 4. The summed E-state index contributed by atoms with van der Waals surface area (Å²) in [5, 5.41) is 30.5. The van der Waals surface area contributed by atoms with Gasteiger partial charge in [0.15, 0.2) is 24.8 Å². The molecule has 0 aromatic carbocycles. The molecule has 14 rings (SSSR count). The van der Waals surface area contributed by atoms with Crippen molar-refractivity contribution in [1.29, 1.82) is 0 Å². The highest BCUT2D eigenvalue weighted by atomic mass is 127. The molecule has 0 saturated carbocycles. The number of rotatable bonds is 28. The third kappa shape index (κ3) is 20.5. The van der Waals surface area contributed by atoms with Crippen molar-refractivity contribution in [2.75, 3.05) is 33.6 Å². The van der Waals surface area contributed by atoms with Gasteiger partial charge in [-0.25, -0.2) is 38.4 Å². The number of carbonyl (C=O) groups excluding carboxylic acids is 4. The maximum atomic E-state index is 13.4. The Balaban J connectivity index is 0.000000224. The van der Waals surface area contributed by atoms with Crippen LogP contribution in [0.15, 0.2) is 262 Å². The first-order chi connectivity index (χ1) is 57.7. The quantitative estimate of drug-likeness (QED) is 0.0174. The molecule has 0 spiro atoms. The van der Waals surface area contributed by atoms with Crippen LogP contribution in [0.1, 0.15) is 220 Å². The van der Waals surface area contributed by atoms with Gasteiger partial charge in [-0.3, -0.25) is 19.2 Å². The Bertz CT molecular complexity index is 5520. The highest BCUT2D eigenvalue weighted by Crippen LogP contribution is 2.50. The van der Waals surface area contributed by atoms with E-state index < -0.39 is 16.0 Å². The van der Waals surface area contributed by atoms with E-state index in [-0.39, 0.29) is 104 Å². The SMILES string of the molecule is CCCCCCOC(C)C1=C(C)C2=NC1=CC1=NC(=CC3=C(C)C4=C(O)CC(=C5NC(=C2)C(C)[C@@H]5CCC(=O)OC[n+]2cccc(C(=O)N(C)C)c2)C4=N3)C(CC)=C1C.CCCCCCOC(C)C1=C(C)C2=NC1=CC1=NC(=CC3=C(C)C4=C(O)CC(=C5NC(=C2)C(C)[C@@H]5CCC(=O)OC[n+]2cccc(C(N)=O)c2)C4=N3)C(CC)=C1C.CS(=O)(=O)[O-].[I-]. The van der Waals surface area contributed by atoms with Gasteiger partial charge in [0.1, 0.15) is 22.6 Å². The van der Waals surface area contributed by atoms with E-state index in [1.54, 1.807) is 72.3 Å².